The molecule has 0 fully saturated rings. The molecule has 3 nitrogen and oxygen atoms in total. The first-order valence-electron chi connectivity index (χ1n) is 16.1. The number of fused-ring (bicyclic) bond motifs is 9. The Morgan fingerprint density at radius 3 is 1.96 bits per heavy atom. The van der Waals surface area contributed by atoms with Crippen molar-refractivity contribution in [3.63, 3.8) is 0 Å². The van der Waals surface area contributed by atoms with Crippen molar-refractivity contribution in [3.8, 4) is 44.5 Å². The van der Waals surface area contributed by atoms with Gasteiger partial charge in [-0.3, -0.25) is 9.38 Å². The van der Waals surface area contributed by atoms with Crippen LogP contribution in [0.3, 0.4) is 0 Å². The maximum absolute atomic E-state index is 4.96. The summed E-state index contributed by atoms with van der Waals surface area (Å²) in [6.45, 7) is 4.70. The molecule has 0 spiro atoms. The largest absolute Gasteiger partial charge is 0.290 e. The maximum atomic E-state index is 4.96. The van der Waals surface area contributed by atoms with Crippen LogP contribution in [0.5, 0.6) is 0 Å². The highest BCUT2D eigenvalue weighted by Crippen LogP contribution is 2.50. The highest BCUT2D eigenvalue weighted by Gasteiger charge is 2.35. The second-order valence-electron chi connectivity index (χ2n) is 13.2. The van der Waals surface area contributed by atoms with Gasteiger partial charge in [-0.15, -0.1) is 11.3 Å². The zero-order valence-corrected chi connectivity index (χ0v) is 26.8. The van der Waals surface area contributed by atoms with E-state index in [2.05, 4.69) is 145 Å². The zero-order valence-electron chi connectivity index (χ0n) is 26.0. The van der Waals surface area contributed by atoms with Gasteiger partial charge in [0.2, 0.25) is 0 Å². The highest BCUT2D eigenvalue weighted by molar-refractivity contribution is 7.25. The van der Waals surface area contributed by atoms with Crippen LogP contribution in [0.1, 0.15) is 25.0 Å². The summed E-state index contributed by atoms with van der Waals surface area (Å²) in [6.07, 6.45) is 6.01. The average molecular weight is 620 g/mol. The molecule has 5 aromatic carbocycles. The van der Waals surface area contributed by atoms with Crippen molar-refractivity contribution in [2.24, 2.45) is 0 Å². The van der Waals surface area contributed by atoms with Crippen LogP contribution in [-0.2, 0) is 5.41 Å². The molecule has 0 radical (unpaired) electrons. The molecule has 0 saturated heterocycles. The number of rotatable bonds is 3. The van der Waals surface area contributed by atoms with Crippen molar-refractivity contribution in [1.82, 2.24) is 14.4 Å². The lowest BCUT2D eigenvalue weighted by Crippen LogP contribution is -2.15. The summed E-state index contributed by atoms with van der Waals surface area (Å²) in [5.41, 5.74) is 14.6. The number of nitrogens with zero attached hydrogens (tertiary/aromatic N) is 3. The number of hydrogen-bond donors (Lipinski definition) is 0. The molecular formula is C43H29N3S. The second-order valence-corrected chi connectivity index (χ2v) is 14.2. The van der Waals surface area contributed by atoms with Crippen LogP contribution in [0, 0.1) is 0 Å². The van der Waals surface area contributed by atoms with Crippen LogP contribution in [-0.4, -0.2) is 14.4 Å². The van der Waals surface area contributed by atoms with Crippen molar-refractivity contribution in [3.05, 3.63) is 151 Å². The molecule has 0 N–H and O–H groups in total. The van der Waals surface area contributed by atoms with Gasteiger partial charge >= 0.3 is 0 Å². The predicted molar refractivity (Wildman–Crippen MR) is 197 cm³/mol. The predicted octanol–water partition coefficient (Wildman–Crippen LogP) is 11.6. The molecule has 1 aliphatic carbocycles. The van der Waals surface area contributed by atoms with E-state index in [9.17, 15) is 0 Å². The molecular weight excluding hydrogens is 591 g/mol. The lowest BCUT2D eigenvalue weighted by molar-refractivity contribution is 0.661. The lowest BCUT2D eigenvalue weighted by atomic mass is 9.81. The second kappa shape index (κ2) is 9.71. The van der Waals surface area contributed by atoms with Crippen LogP contribution in [0.4, 0.5) is 0 Å². The van der Waals surface area contributed by atoms with E-state index in [0.717, 1.165) is 16.7 Å². The Hall–Kier alpha value is -5.58. The van der Waals surface area contributed by atoms with Gasteiger partial charge in [-0.1, -0.05) is 86.6 Å². The van der Waals surface area contributed by atoms with Crippen molar-refractivity contribution < 1.29 is 0 Å². The lowest BCUT2D eigenvalue weighted by Gasteiger charge is -2.22. The molecule has 0 saturated carbocycles. The fourth-order valence-corrected chi connectivity index (χ4v) is 8.68. The molecule has 4 aromatic heterocycles. The normalized spacial score (nSPS) is 13.5. The number of imidazole rings is 1. The summed E-state index contributed by atoms with van der Waals surface area (Å²) in [4.78, 5) is 10.5. The van der Waals surface area contributed by atoms with Gasteiger partial charge in [0.15, 0.2) is 0 Å². The number of thiophene rings is 1. The average Bonchev–Trinajstić information content (AvgIpc) is 3.74. The highest BCUT2D eigenvalue weighted by atomic mass is 32.1. The van der Waals surface area contributed by atoms with Gasteiger partial charge in [-0.2, -0.15) is 0 Å². The molecule has 10 rings (SSSR count). The molecule has 0 bridgehead atoms. The van der Waals surface area contributed by atoms with Gasteiger partial charge in [-0.05, 0) is 115 Å². The van der Waals surface area contributed by atoms with Crippen LogP contribution in [0.25, 0.3) is 81.4 Å². The minimum absolute atomic E-state index is 0.0948. The van der Waals surface area contributed by atoms with Crippen molar-refractivity contribution >= 4 is 48.2 Å². The Labute approximate surface area is 276 Å². The molecule has 222 valence electrons. The van der Waals surface area contributed by atoms with Crippen LogP contribution in [0.15, 0.2) is 140 Å². The SMILES string of the molecule is CC1(C)c2cc(-c3cccnc3)ccc2-c2ccc(-c3ccc4cc(-c5ccc6nc7c8ccccc8sc7n6c5)ccc4c3)cc21. The Bertz CT molecular complexity index is 2710. The minimum Gasteiger partial charge on any atom is -0.290 e. The summed E-state index contributed by atoms with van der Waals surface area (Å²) in [5.74, 6) is 0. The Morgan fingerprint density at radius 1 is 0.596 bits per heavy atom. The van der Waals surface area contributed by atoms with E-state index in [1.165, 1.54) is 75.8 Å². The van der Waals surface area contributed by atoms with Crippen LogP contribution < -0.4 is 0 Å². The fraction of sp³-hybridized carbons (Fsp3) is 0.0698. The van der Waals surface area contributed by atoms with Crippen LogP contribution in [0.2, 0.25) is 0 Å². The zero-order chi connectivity index (χ0) is 31.3. The third-order valence-electron chi connectivity index (χ3n) is 10.1. The van der Waals surface area contributed by atoms with Crippen LogP contribution >= 0.6 is 11.3 Å². The summed E-state index contributed by atoms with van der Waals surface area (Å²) < 4.78 is 3.52. The van der Waals surface area contributed by atoms with E-state index in [1.54, 1.807) is 11.3 Å². The maximum Gasteiger partial charge on any atom is 0.138 e. The molecule has 0 atom stereocenters. The monoisotopic (exact) mass is 619 g/mol. The van der Waals surface area contributed by atoms with Crippen molar-refractivity contribution in [2.75, 3.05) is 0 Å². The fourth-order valence-electron chi connectivity index (χ4n) is 7.56. The number of aromatic nitrogens is 3. The topological polar surface area (TPSA) is 30.2 Å². The third kappa shape index (κ3) is 3.98. The molecule has 0 amide bonds. The smallest absolute Gasteiger partial charge is 0.138 e. The molecule has 0 aliphatic heterocycles. The first kappa shape index (κ1) is 26.6. The molecule has 0 unspecified atom stereocenters. The van der Waals surface area contributed by atoms with Gasteiger partial charge < -0.3 is 0 Å². The van der Waals surface area contributed by atoms with Gasteiger partial charge in [0.1, 0.15) is 16.0 Å². The van der Waals surface area contributed by atoms with E-state index in [-0.39, 0.29) is 5.41 Å². The van der Waals surface area contributed by atoms with E-state index < -0.39 is 0 Å². The Balaban J connectivity index is 0.999. The van der Waals surface area contributed by atoms with Gasteiger partial charge in [0.25, 0.3) is 0 Å². The van der Waals surface area contributed by atoms with Crippen molar-refractivity contribution in [1.29, 1.82) is 0 Å². The minimum atomic E-state index is -0.0948. The third-order valence-corrected chi connectivity index (χ3v) is 11.3. The standard InChI is InChI=1S/C43H29N3S/c1-43(2)37-22-30(13-16-34(37)35-17-14-31(23-38(35)43)32-6-5-19-44-24-32)28-10-9-27-21-29(12-11-26(27)20-28)33-15-18-40-45-41-36-7-3-4-8-39(36)47-42(41)46(40)25-33/h3-25H,1-2H3. The number of benzene rings is 5. The summed E-state index contributed by atoms with van der Waals surface area (Å²) in [6, 6.07) is 44.5. The summed E-state index contributed by atoms with van der Waals surface area (Å²) in [5, 5.41) is 3.71. The molecule has 1 aliphatic rings. The summed E-state index contributed by atoms with van der Waals surface area (Å²) in [7, 11) is 0. The first-order chi connectivity index (χ1) is 23.0. The molecule has 47 heavy (non-hydrogen) atoms. The van der Waals surface area contributed by atoms with E-state index in [4.69, 9.17) is 4.98 Å². The Morgan fingerprint density at radius 2 is 1.23 bits per heavy atom. The summed E-state index contributed by atoms with van der Waals surface area (Å²) >= 11 is 1.81. The quantitative estimate of drug-likeness (QED) is 0.197. The molecule has 9 aromatic rings. The Kier molecular flexibility index (Phi) is 5.50. The number of pyridine rings is 2. The molecule has 4 heteroatoms. The van der Waals surface area contributed by atoms with Gasteiger partial charge in [-0.25, -0.2) is 4.98 Å². The van der Waals surface area contributed by atoms with E-state index >= 15 is 0 Å². The van der Waals surface area contributed by atoms with E-state index in [0.29, 0.717) is 0 Å². The van der Waals surface area contributed by atoms with Gasteiger partial charge in [0, 0.05) is 34.1 Å². The van der Waals surface area contributed by atoms with E-state index in [1.807, 2.05) is 18.5 Å². The first-order valence-corrected chi connectivity index (χ1v) is 16.9. The van der Waals surface area contributed by atoms with Crippen molar-refractivity contribution in [2.45, 2.75) is 19.3 Å². The van der Waals surface area contributed by atoms with Gasteiger partial charge in [0.05, 0.1) is 0 Å². The molecule has 4 heterocycles. The number of hydrogen-bond acceptors (Lipinski definition) is 3.